The molecule has 0 aliphatic heterocycles. The number of carbonyl (C=O) groups excluding carboxylic acids is 2. The van der Waals surface area contributed by atoms with Crippen molar-refractivity contribution in [2.45, 2.75) is 13.5 Å². The molecule has 0 spiro atoms. The molecule has 1 amide bonds. The molecule has 146 valence electrons. The third-order valence-corrected chi connectivity index (χ3v) is 4.44. The van der Waals surface area contributed by atoms with Crippen LogP contribution in [0, 0.1) is 18.3 Å². The van der Waals surface area contributed by atoms with Crippen LogP contribution in [-0.2, 0) is 16.1 Å². The Morgan fingerprint density at radius 2 is 1.97 bits per heavy atom. The summed E-state index contributed by atoms with van der Waals surface area (Å²) in [7, 11) is 0. The highest BCUT2D eigenvalue weighted by atomic mass is 35.5. The summed E-state index contributed by atoms with van der Waals surface area (Å²) in [5.74, 6) is -1.26. The van der Waals surface area contributed by atoms with Crippen molar-refractivity contribution < 1.29 is 14.3 Å². The molecule has 0 saturated heterocycles. The molecule has 0 radical (unpaired) electrons. The number of halogens is 1. The van der Waals surface area contributed by atoms with Gasteiger partial charge in [0.1, 0.15) is 10.7 Å². The zero-order valence-electron chi connectivity index (χ0n) is 15.6. The molecule has 0 atom stereocenters. The SMILES string of the molecule is Cc1nn(Cc2ccccc2)c(Cl)c1C(=O)OCC(=O)Nc1cccc(C#N)c1. The zero-order valence-corrected chi connectivity index (χ0v) is 16.3. The normalized spacial score (nSPS) is 10.2. The van der Waals surface area contributed by atoms with Crippen LogP contribution < -0.4 is 5.32 Å². The van der Waals surface area contributed by atoms with Crippen LogP contribution in [0.3, 0.4) is 0 Å². The van der Waals surface area contributed by atoms with E-state index in [9.17, 15) is 9.59 Å². The van der Waals surface area contributed by atoms with Gasteiger partial charge in [-0.25, -0.2) is 9.48 Å². The first-order valence-corrected chi connectivity index (χ1v) is 9.09. The number of esters is 1. The Kier molecular flexibility index (Phi) is 6.27. The predicted octanol–water partition coefficient (Wildman–Crippen LogP) is 3.56. The number of nitrogens with one attached hydrogen (secondary N) is 1. The molecule has 0 aliphatic carbocycles. The van der Waals surface area contributed by atoms with E-state index in [0.717, 1.165) is 5.56 Å². The van der Waals surface area contributed by atoms with Crippen molar-refractivity contribution in [2.75, 3.05) is 11.9 Å². The summed E-state index contributed by atoms with van der Waals surface area (Å²) in [6.45, 7) is 1.57. The Hall–Kier alpha value is -3.63. The largest absolute Gasteiger partial charge is 0.452 e. The predicted molar refractivity (Wildman–Crippen MR) is 108 cm³/mol. The van der Waals surface area contributed by atoms with Gasteiger partial charge in [-0.05, 0) is 30.7 Å². The van der Waals surface area contributed by atoms with Gasteiger partial charge >= 0.3 is 5.97 Å². The van der Waals surface area contributed by atoms with Crippen molar-refractivity contribution in [1.29, 1.82) is 5.26 Å². The molecular weight excluding hydrogens is 392 g/mol. The molecule has 0 saturated carbocycles. The van der Waals surface area contributed by atoms with Gasteiger partial charge < -0.3 is 10.1 Å². The topological polar surface area (TPSA) is 97.0 Å². The van der Waals surface area contributed by atoms with Crippen LogP contribution in [0.4, 0.5) is 5.69 Å². The third-order valence-electron chi connectivity index (χ3n) is 4.05. The highest BCUT2D eigenvalue weighted by Crippen LogP contribution is 2.22. The minimum atomic E-state index is -0.729. The van der Waals surface area contributed by atoms with E-state index in [4.69, 9.17) is 21.6 Å². The zero-order chi connectivity index (χ0) is 20.8. The van der Waals surface area contributed by atoms with E-state index in [2.05, 4.69) is 10.4 Å². The van der Waals surface area contributed by atoms with Gasteiger partial charge in [-0.15, -0.1) is 0 Å². The second kappa shape index (κ2) is 9.04. The van der Waals surface area contributed by atoms with Gasteiger partial charge in [0.25, 0.3) is 5.91 Å². The average Bonchev–Trinajstić information content (AvgIpc) is 3.00. The van der Waals surface area contributed by atoms with E-state index in [1.807, 2.05) is 36.4 Å². The molecule has 3 rings (SSSR count). The van der Waals surface area contributed by atoms with Gasteiger partial charge in [0.2, 0.25) is 0 Å². The van der Waals surface area contributed by atoms with Gasteiger partial charge in [-0.3, -0.25) is 4.79 Å². The van der Waals surface area contributed by atoms with Crippen molar-refractivity contribution in [1.82, 2.24) is 9.78 Å². The fourth-order valence-electron chi connectivity index (χ4n) is 2.71. The number of amides is 1. The average molecular weight is 409 g/mol. The molecule has 0 bridgehead atoms. The molecule has 8 heteroatoms. The van der Waals surface area contributed by atoms with Crippen molar-refractivity contribution in [3.8, 4) is 6.07 Å². The first-order chi connectivity index (χ1) is 14.0. The summed E-state index contributed by atoms with van der Waals surface area (Å²) in [5.41, 5.74) is 2.37. The van der Waals surface area contributed by atoms with E-state index in [1.165, 1.54) is 10.7 Å². The van der Waals surface area contributed by atoms with Crippen molar-refractivity contribution in [3.63, 3.8) is 0 Å². The number of hydrogen-bond acceptors (Lipinski definition) is 5. The van der Waals surface area contributed by atoms with Crippen LogP contribution in [0.25, 0.3) is 0 Å². The number of anilines is 1. The molecule has 29 heavy (non-hydrogen) atoms. The van der Waals surface area contributed by atoms with Crippen LogP contribution >= 0.6 is 11.6 Å². The summed E-state index contributed by atoms with van der Waals surface area (Å²) < 4.78 is 6.60. The summed E-state index contributed by atoms with van der Waals surface area (Å²) >= 11 is 6.32. The molecule has 1 N–H and O–H groups in total. The van der Waals surface area contributed by atoms with Crippen molar-refractivity contribution >= 4 is 29.2 Å². The highest BCUT2D eigenvalue weighted by molar-refractivity contribution is 6.32. The number of benzene rings is 2. The smallest absolute Gasteiger partial charge is 0.343 e. The number of ether oxygens (including phenoxy) is 1. The minimum Gasteiger partial charge on any atom is -0.452 e. The quantitative estimate of drug-likeness (QED) is 0.629. The van der Waals surface area contributed by atoms with Crippen molar-refractivity contribution in [3.05, 3.63) is 82.1 Å². The van der Waals surface area contributed by atoms with Gasteiger partial charge in [0, 0.05) is 5.69 Å². The fourth-order valence-corrected chi connectivity index (χ4v) is 3.02. The lowest BCUT2D eigenvalue weighted by atomic mass is 10.2. The van der Waals surface area contributed by atoms with E-state index in [0.29, 0.717) is 23.5 Å². The molecule has 3 aromatic rings. The number of aryl methyl sites for hydroxylation is 1. The molecule has 0 fully saturated rings. The lowest BCUT2D eigenvalue weighted by Crippen LogP contribution is -2.21. The number of rotatable bonds is 6. The van der Waals surface area contributed by atoms with E-state index >= 15 is 0 Å². The summed E-state index contributed by atoms with van der Waals surface area (Å²) in [6.07, 6.45) is 0. The Balaban J connectivity index is 1.63. The first kappa shape index (κ1) is 20.1. The van der Waals surface area contributed by atoms with Gasteiger partial charge in [0.05, 0.1) is 23.9 Å². The van der Waals surface area contributed by atoms with Crippen molar-refractivity contribution in [2.24, 2.45) is 0 Å². The molecule has 0 unspecified atom stereocenters. The van der Waals surface area contributed by atoms with E-state index in [-0.39, 0.29) is 10.7 Å². The summed E-state index contributed by atoms with van der Waals surface area (Å²) in [6, 6.07) is 18.0. The number of nitriles is 1. The standard InChI is InChI=1S/C21H17ClN4O3/c1-14-19(20(22)26(25-14)12-15-6-3-2-4-7-15)21(28)29-13-18(27)24-17-9-5-8-16(10-17)11-23/h2-10H,12-13H2,1H3,(H,24,27). The van der Waals surface area contributed by atoms with Gasteiger partial charge in [0.15, 0.2) is 6.61 Å². The van der Waals surface area contributed by atoms with Crippen LogP contribution in [0.2, 0.25) is 5.15 Å². The second-order valence-corrected chi connectivity index (χ2v) is 6.57. The van der Waals surface area contributed by atoms with Crippen LogP contribution in [-0.4, -0.2) is 28.3 Å². The summed E-state index contributed by atoms with van der Waals surface area (Å²) in [4.78, 5) is 24.5. The highest BCUT2D eigenvalue weighted by Gasteiger charge is 2.22. The maximum atomic E-state index is 12.4. The number of nitrogens with zero attached hydrogens (tertiary/aromatic N) is 3. The van der Waals surface area contributed by atoms with Gasteiger partial charge in [-0.1, -0.05) is 48.0 Å². The maximum absolute atomic E-state index is 12.4. The minimum absolute atomic E-state index is 0.127. The fraction of sp³-hybridized carbons (Fsp3) is 0.143. The second-order valence-electron chi connectivity index (χ2n) is 6.21. The molecule has 1 aromatic heterocycles. The summed E-state index contributed by atoms with van der Waals surface area (Å²) in [5, 5.41) is 15.9. The molecule has 0 aliphatic rings. The monoisotopic (exact) mass is 408 g/mol. The Morgan fingerprint density at radius 3 is 2.69 bits per heavy atom. The Labute approximate surface area is 172 Å². The first-order valence-electron chi connectivity index (χ1n) is 8.72. The number of hydrogen-bond donors (Lipinski definition) is 1. The Bertz CT molecular complexity index is 1090. The molecule has 2 aromatic carbocycles. The van der Waals surface area contributed by atoms with Gasteiger partial charge in [-0.2, -0.15) is 10.4 Å². The maximum Gasteiger partial charge on any atom is 0.343 e. The Morgan fingerprint density at radius 1 is 1.21 bits per heavy atom. The lowest BCUT2D eigenvalue weighted by Gasteiger charge is -2.07. The van der Waals surface area contributed by atoms with E-state index in [1.54, 1.807) is 25.1 Å². The molecule has 1 heterocycles. The van der Waals surface area contributed by atoms with Crippen LogP contribution in [0.15, 0.2) is 54.6 Å². The van der Waals surface area contributed by atoms with E-state index < -0.39 is 18.5 Å². The molecule has 7 nitrogen and oxygen atoms in total. The van der Waals surface area contributed by atoms with Crippen LogP contribution in [0.1, 0.15) is 27.2 Å². The number of aromatic nitrogens is 2. The number of carbonyl (C=O) groups is 2. The third kappa shape index (κ3) is 5.00. The molecular formula is C21H17ClN4O3. The lowest BCUT2D eigenvalue weighted by molar-refractivity contribution is -0.119. The van der Waals surface area contributed by atoms with Crippen LogP contribution in [0.5, 0.6) is 0 Å².